The Labute approximate surface area is 129 Å². The summed E-state index contributed by atoms with van der Waals surface area (Å²) >= 11 is 0. The van der Waals surface area contributed by atoms with Crippen LogP contribution >= 0.6 is 0 Å². The number of hydrogen-bond acceptors (Lipinski definition) is 3. The molecule has 0 aromatic heterocycles. The van der Waals surface area contributed by atoms with Crippen LogP contribution in [0.4, 0.5) is 5.69 Å². The van der Waals surface area contributed by atoms with Crippen molar-refractivity contribution in [2.75, 3.05) is 5.32 Å². The first-order valence-electron chi connectivity index (χ1n) is 7.78. The van der Waals surface area contributed by atoms with Crippen LogP contribution < -0.4 is 10.6 Å². The summed E-state index contributed by atoms with van der Waals surface area (Å²) in [7, 11) is 0. The summed E-state index contributed by atoms with van der Waals surface area (Å²) in [5, 5.41) is 15.2. The smallest absolute Gasteiger partial charge is 0.252 e. The first-order chi connectivity index (χ1) is 10.6. The fourth-order valence-electron chi connectivity index (χ4n) is 3.23. The average molecular weight is 297 g/mol. The number of amides is 2. The molecule has 2 amide bonds. The van der Waals surface area contributed by atoms with E-state index in [0.29, 0.717) is 18.4 Å². The molecule has 2 aliphatic rings. The third-order valence-electron chi connectivity index (χ3n) is 4.54. The fourth-order valence-corrected chi connectivity index (χ4v) is 3.23. The minimum atomic E-state index is -0.723. The molecule has 0 radical (unpaired) electrons. The molecular weight excluding hydrogens is 278 g/mol. The highest BCUT2D eigenvalue weighted by atomic mass is 16.2. The lowest BCUT2D eigenvalue weighted by Crippen LogP contribution is -2.48. The Hall–Kier alpha value is -2.35. The van der Waals surface area contributed by atoms with Crippen LogP contribution in [0.25, 0.3) is 0 Å². The SMILES string of the molecule is N#CC1(NC(=O)c2ccc3c(c2)CCC(=O)N3)CCCCC1. The van der Waals surface area contributed by atoms with Gasteiger partial charge < -0.3 is 10.6 Å². The molecule has 1 aromatic carbocycles. The van der Waals surface area contributed by atoms with E-state index in [4.69, 9.17) is 0 Å². The number of hydrogen-bond donors (Lipinski definition) is 2. The van der Waals surface area contributed by atoms with Gasteiger partial charge in [-0.05, 0) is 43.0 Å². The zero-order valence-corrected chi connectivity index (χ0v) is 12.4. The molecule has 0 unspecified atom stereocenters. The number of carbonyl (C=O) groups is 2. The van der Waals surface area contributed by atoms with Crippen molar-refractivity contribution in [1.29, 1.82) is 5.26 Å². The van der Waals surface area contributed by atoms with E-state index in [-0.39, 0.29) is 11.8 Å². The van der Waals surface area contributed by atoms with Crippen LogP contribution in [-0.4, -0.2) is 17.4 Å². The molecule has 114 valence electrons. The van der Waals surface area contributed by atoms with E-state index >= 15 is 0 Å². The van der Waals surface area contributed by atoms with E-state index in [1.165, 1.54) is 0 Å². The maximum Gasteiger partial charge on any atom is 0.252 e. The Morgan fingerprint density at radius 2 is 2.00 bits per heavy atom. The van der Waals surface area contributed by atoms with Gasteiger partial charge in [-0.15, -0.1) is 0 Å². The van der Waals surface area contributed by atoms with E-state index < -0.39 is 5.54 Å². The Balaban J connectivity index is 1.78. The molecule has 0 saturated heterocycles. The van der Waals surface area contributed by atoms with Crippen LogP contribution in [0.5, 0.6) is 0 Å². The normalized spacial score (nSPS) is 19.5. The van der Waals surface area contributed by atoms with Crippen LogP contribution in [0, 0.1) is 11.3 Å². The van der Waals surface area contributed by atoms with Crippen molar-refractivity contribution in [1.82, 2.24) is 5.32 Å². The van der Waals surface area contributed by atoms with Crippen molar-refractivity contribution in [2.45, 2.75) is 50.5 Å². The standard InChI is InChI=1S/C17H19N3O2/c18-11-17(8-2-1-3-9-17)20-16(22)13-4-6-14-12(10-13)5-7-15(21)19-14/h4,6,10H,1-3,5,7-9H2,(H,19,21)(H,20,22). The summed E-state index contributed by atoms with van der Waals surface area (Å²) in [6.07, 6.45) is 5.60. The molecule has 5 nitrogen and oxygen atoms in total. The number of aryl methyl sites for hydroxylation is 1. The van der Waals surface area contributed by atoms with Gasteiger partial charge in [0.15, 0.2) is 0 Å². The Kier molecular flexibility index (Phi) is 3.84. The van der Waals surface area contributed by atoms with Crippen LogP contribution in [0.1, 0.15) is 54.4 Å². The van der Waals surface area contributed by atoms with Crippen LogP contribution in [0.3, 0.4) is 0 Å². The number of nitrogens with zero attached hydrogens (tertiary/aromatic N) is 1. The van der Waals surface area contributed by atoms with E-state index in [0.717, 1.165) is 43.4 Å². The van der Waals surface area contributed by atoms with Gasteiger partial charge in [0.2, 0.25) is 5.91 Å². The van der Waals surface area contributed by atoms with Crippen molar-refractivity contribution >= 4 is 17.5 Å². The van der Waals surface area contributed by atoms with Crippen LogP contribution in [0.2, 0.25) is 0 Å². The van der Waals surface area contributed by atoms with E-state index in [9.17, 15) is 14.9 Å². The number of fused-ring (bicyclic) bond motifs is 1. The molecule has 5 heteroatoms. The van der Waals surface area contributed by atoms with Crippen molar-refractivity contribution in [2.24, 2.45) is 0 Å². The second-order valence-electron chi connectivity index (χ2n) is 6.13. The zero-order valence-electron chi connectivity index (χ0n) is 12.4. The molecular formula is C17H19N3O2. The summed E-state index contributed by atoms with van der Waals surface area (Å²) in [5.74, 6) is -0.196. The average Bonchev–Trinajstić information content (AvgIpc) is 2.55. The van der Waals surface area contributed by atoms with Crippen molar-refractivity contribution in [3.8, 4) is 6.07 Å². The van der Waals surface area contributed by atoms with Gasteiger partial charge in [-0.1, -0.05) is 19.3 Å². The number of anilines is 1. The highest BCUT2D eigenvalue weighted by molar-refractivity contribution is 5.98. The maximum absolute atomic E-state index is 12.5. The highest BCUT2D eigenvalue weighted by Gasteiger charge is 2.34. The second-order valence-corrected chi connectivity index (χ2v) is 6.13. The third kappa shape index (κ3) is 2.82. The Bertz CT molecular complexity index is 654. The summed E-state index contributed by atoms with van der Waals surface area (Å²) in [6.45, 7) is 0. The first-order valence-corrected chi connectivity index (χ1v) is 7.78. The lowest BCUT2D eigenvalue weighted by atomic mass is 9.82. The quantitative estimate of drug-likeness (QED) is 0.880. The summed E-state index contributed by atoms with van der Waals surface area (Å²) in [5.41, 5.74) is 1.58. The number of nitrogens with one attached hydrogen (secondary N) is 2. The van der Waals surface area contributed by atoms with E-state index in [1.54, 1.807) is 12.1 Å². The summed E-state index contributed by atoms with van der Waals surface area (Å²) in [4.78, 5) is 23.8. The zero-order chi connectivity index (χ0) is 15.6. The Morgan fingerprint density at radius 1 is 1.23 bits per heavy atom. The summed E-state index contributed by atoms with van der Waals surface area (Å²) < 4.78 is 0. The number of carbonyl (C=O) groups excluding carboxylic acids is 2. The van der Waals surface area contributed by atoms with Gasteiger partial charge in [0.05, 0.1) is 6.07 Å². The van der Waals surface area contributed by atoms with E-state index in [1.807, 2.05) is 6.07 Å². The highest BCUT2D eigenvalue weighted by Crippen LogP contribution is 2.28. The van der Waals surface area contributed by atoms with Crippen molar-refractivity contribution in [3.05, 3.63) is 29.3 Å². The largest absolute Gasteiger partial charge is 0.334 e. The molecule has 0 atom stereocenters. The van der Waals surface area contributed by atoms with Gasteiger partial charge >= 0.3 is 0 Å². The van der Waals surface area contributed by atoms with Gasteiger partial charge in [-0.25, -0.2) is 0 Å². The molecule has 22 heavy (non-hydrogen) atoms. The van der Waals surface area contributed by atoms with Gasteiger partial charge in [0.1, 0.15) is 5.54 Å². The minimum Gasteiger partial charge on any atom is -0.334 e. The van der Waals surface area contributed by atoms with Gasteiger partial charge in [0.25, 0.3) is 5.91 Å². The van der Waals surface area contributed by atoms with Crippen molar-refractivity contribution in [3.63, 3.8) is 0 Å². The molecule has 0 spiro atoms. The van der Waals surface area contributed by atoms with Crippen LogP contribution in [0.15, 0.2) is 18.2 Å². The Morgan fingerprint density at radius 3 is 2.73 bits per heavy atom. The predicted molar refractivity (Wildman–Crippen MR) is 82.3 cm³/mol. The molecule has 1 aromatic rings. The van der Waals surface area contributed by atoms with Gasteiger partial charge in [-0.2, -0.15) is 5.26 Å². The van der Waals surface area contributed by atoms with E-state index in [2.05, 4.69) is 16.7 Å². The topological polar surface area (TPSA) is 82.0 Å². The van der Waals surface area contributed by atoms with Gasteiger partial charge in [-0.3, -0.25) is 9.59 Å². The van der Waals surface area contributed by atoms with Gasteiger partial charge in [0, 0.05) is 17.7 Å². The number of benzene rings is 1. The number of nitriles is 1. The third-order valence-corrected chi connectivity index (χ3v) is 4.54. The molecule has 1 aliphatic heterocycles. The van der Waals surface area contributed by atoms with Crippen molar-refractivity contribution < 1.29 is 9.59 Å². The molecule has 1 aliphatic carbocycles. The molecule has 0 bridgehead atoms. The monoisotopic (exact) mass is 297 g/mol. The molecule has 1 heterocycles. The van der Waals surface area contributed by atoms with Crippen LogP contribution in [-0.2, 0) is 11.2 Å². The molecule has 2 N–H and O–H groups in total. The minimum absolute atomic E-state index is 0.00957. The molecule has 3 rings (SSSR count). The number of rotatable bonds is 2. The first kappa shape index (κ1) is 14.6. The lowest BCUT2D eigenvalue weighted by molar-refractivity contribution is -0.116. The fraction of sp³-hybridized carbons (Fsp3) is 0.471. The summed E-state index contributed by atoms with van der Waals surface area (Å²) in [6, 6.07) is 7.58. The molecule has 1 saturated carbocycles. The lowest BCUT2D eigenvalue weighted by Gasteiger charge is -2.31. The molecule has 1 fully saturated rings. The maximum atomic E-state index is 12.5. The second kappa shape index (κ2) is 5.80. The predicted octanol–water partition coefficient (Wildman–Crippen LogP) is 2.53.